The summed E-state index contributed by atoms with van der Waals surface area (Å²) in [6.07, 6.45) is 9.56. The van der Waals surface area contributed by atoms with Crippen LogP contribution >= 0.6 is 0 Å². The molecule has 8 rings (SSSR count). The Balaban J connectivity index is 1.46. The second-order valence-electron chi connectivity index (χ2n) is 9.79. The Kier molecular flexibility index (Phi) is 4.61. The molecule has 7 aromatic rings. The van der Waals surface area contributed by atoms with Crippen LogP contribution in [0.3, 0.4) is 0 Å². The van der Waals surface area contributed by atoms with Crippen LogP contribution in [0.2, 0.25) is 0 Å². The molecule has 4 aromatic carbocycles. The van der Waals surface area contributed by atoms with Gasteiger partial charge in [-0.05, 0) is 36.8 Å². The van der Waals surface area contributed by atoms with Crippen LogP contribution in [0.15, 0.2) is 126 Å². The predicted octanol–water partition coefficient (Wildman–Crippen LogP) is 8.74. The molecule has 0 aliphatic heterocycles. The fraction of sp³-hybridized carbons (Fsp3) is 0.0588. The van der Waals surface area contributed by atoms with Crippen molar-refractivity contribution < 1.29 is 4.42 Å². The van der Waals surface area contributed by atoms with Crippen LogP contribution in [-0.4, -0.2) is 14.5 Å². The predicted molar refractivity (Wildman–Crippen MR) is 155 cm³/mol. The minimum absolute atomic E-state index is 0.208. The Bertz CT molecular complexity index is 2060. The van der Waals surface area contributed by atoms with Crippen molar-refractivity contribution in [3.8, 4) is 17.2 Å². The quantitative estimate of drug-likeness (QED) is 0.249. The average molecular weight is 490 g/mol. The molecule has 0 bridgehead atoms. The Morgan fingerprint density at radius 2 is 1.53 bits per heavy atom. The summed E-state index contributed by atoms with van der Waals surface area (Å²) in [7, 11) is 0. The number of hydrogen-bond donors (Lipinski definition) is 0. The summed E-state index contributed by atoms with van der Waals surface area (Å²) in [6, 6.07) is 33.5. The summed E-state index contributed by atoms with van der Waals surface area (Å²) in [5.74, 6) is 0.880. The van der Waals surface area contributed by atoms with Gasteiger partial charge in [0.05, 0.1) is 27.8 Å². The summed E-state index contributed by atoms with van der Waals surface area (Å²) in [4.78, 5) is 10.3. The van der Waals surface area contributed by atoms with E-state index in [4.69, 9.17) is 14.4 Å². The monoisotopic (exact) mass is 489 g/mol. The Labute approximate surface area is 219 Å². The molecule has 38 heavy (non-hydrogen) atoms. The zero-order chi connectivity index (χ0) is 25.1. The minimum atomic E-state index is 0.208. The lowest BCUT2D eigenvalue weighted by Crippen LogP contribution is -2.08. The van der Waals surface area contributed by atoms with E-state index in [1.165, 1.54) is 0 Å². The van der Waals surface area contributed by atoms with Crippen molar-refractivity contribution in [1.82, 2.24) is 14.5 Å². The first-order valence-electron chi connectivity index (χ1n) is 13.0. The third kappa shape index (κ3) is 3.17. The maximum atomic E-state index is 6.46. The van der Waals surface area contributed by atoms with Crippen molar-refractivity contribution >= 4 is 43.7 Å². The first-order chi connectivity index (χ1) is 18.8. The molecule has 1 aliphatic carbocycles. The Morgan fingerprint density at radius 1 is 0.711 bits per heavy atom. The fourth-order valence-corrected chi connectivity index (χ4v) is 5.75. The van der Waals surface area contributed by atoms with Gasteiger partial charge in [0.1, 0.15) is 11.2 Å². The molecule has 0 saturated carbocycles. The highest BCUT2D eigenvalue weighted by Crippen LogP contribution is 2.40. The lowest BCUT2D eigenvalue weighted by atomic mass is 9.96. The Hall–Kier alpha value is -4.96. The number of nitrogens with zero attached hydrogens (tertiary/aromatic N) is 3. The number of para-hydroxylation sites is 2. The molecule has 180 valence electrons. The molecule has 0 spiro atoms. The van der Waals surface area contributed by atoms with E-state index >= 15 is 0 Å². The normalized spacial score (nSPS) is 15.3. The van der Waals surface area contributed by atoms with E-state index in [1.807, 2.05) is 18.2 Å². The van der Waals surface area contributed by atoms with Gasteiger partial charge in [-0.15, -0.1) is 0 Å². The zero-order valence-electron chi connectivity index (χ0n) is 20.6. The van der Waals surface area contributed by atoms with Crippen LogP contribution < -0.4 is 0 Å². The van der Waals surface area contributed by atoms with Gasteiger partial charge in [0.2, 0.25) is 5.95 Å². The SMILES string of the molecule is C1=CCC(c2cc(-c3ccccc3)nc(-n3c4ccccc4c4c5oc6ccccc6c5ccc43)n2)C=C1. The molecular weight excluding hydrogens is 466 g/mol. The number of furan rings is 1. The van der Waals surface area contributed by atoms with Gasteiger partial charge >= 0.3 is 0 Å². The van der Waals surface area contributed by atoms with E-state index in [-0.39, 0.29) is 5.92 Å². The number of aromatic nitrogens is 3. The summed E-state index contributed by atoms with van der Waals surface area (Å²) in [5, 5.41) is 4.46. The van der Waals surface area contributed by atoms with Crippen LogP contribution in [0.4, 0.5) is 0 Å². The molecule has 1 unspecified atom stereocenters. The smallest absolute Gasteiger partial charge is 0.235 e. The molecule has 1 atom stereocenters. The Morgan fingerprint density at radius 3 is 2.39 bits per heavy atom. The molecule has 0 N–H and O–H groups in total. The van der Waals surface area contributed by atoms with Gasteiger partial charge in [-0.3, -0.25) is 4.57 Å². The molecular formula is C34H23N3O. The fourth-order valence-electron chi connectivity index (χ4n) is 5.75. The molecule has 0 saturated heterocycles. The zero-order valence-corrected chi connectivity index (χ0v) is 20.6. The van der Waals surface area contributed by atoms with E-state index in [9.17, 15) is 0 Å². The molecule has 3 aromatic heterocycles. The van der Waals surface area contributed by atoms with Gasteiger partial charge in [-0.25, -0.2) is 9.97 Å². The van der Waals surface area contributed by atoms with Gasteiger partial charge < -0.3 is 4.42 Å². The lowest BCUT2D eigenvalue weighted by molar-refractivity contribution is 0.673. The maximum Gasteiger partial charge on any atom is 0.235 e. The number of hydrogen-bond acceptors (Lipinski definition) is 3. The van der Waals surface area contributed by atoms with Crippen LogP contribution in [-0.2, 0) is 0 Å². The van der Waals surface area contributed by atoms with Gasteiger partial charge in [-0.2, -0.15) is 0 Å². The van der Waals surface area contributed by atoms with Gasteiger partial charge in [-0.1, -0.05) is 91.0 Å². The van der Waals surface area contributed by atoms with Crippen LogP contribution in [0, 0.1) is 0 Å². The minimum Gasteiger partial charge on any atom is -0.455 e. The molecule has 0 fully saturated rings. The third-order valence-corrected chi connectivity index (χ3v) is 7.54. The first kappa shape index (κ1) is 21.2. The molecule has 0 amide bonds. The number of rotatable bonds is 3. The van der Waals surface area contributed by atoms with E-state index in [0.717, 1.165) is 67.1 Å². The number of benzene rings is 4. The van der Waals surface area contributed by atoms with E-state index in [0.29, 0.717) is 5.95 Å². The van der Waals surface area contributed by atoms with Crippen molar-refractivity contribution in [3.63, 3.8) is 0 Å². The summed E-state index contributed by atoms with van der Waals surface area (Å²) in [5.41, 5.74) is 6.91. The van der Waals surface area contributed by atoms with Gasteiger partial charge in [0, 0.05) is 27.6 Å². The van der Waals surface area contributed by atoms with Crippen molar-refractivity contribution in [2.45, 2.75) is 12.3 Å². The second kappa shape index (κ2) is 8.29. The molecule has 4 heteroatoms. The van der Waals surface area contributed by atoms with Crippen LogP contribution in [0.1, 0.15) is 18.0 Å². The van der Waals surface area contributed by atoms with E-state index in [2.05, 4.69) is 108 Å². The molecule has 3 heterocycles. The van der Waals surface area contributed by atoms with Crippen molar-refractivity contribution in [3.05, 3.63) is 127 Å². The number of allylic oxidation sites excluding steroid dienone is 4. The standard InChI is InChI=1S/C34H23N3O/c1-3-11-22(12-4-1)27-21-28(23-13-5-2-6-14-23)36-34(35-27)37-29-17-9-7-16-26(29)32-30(37)20-19-25-24-15-8-10-18-31(24)38-33(25)32/h1-13,15-21,23H,14H2. The van der Waals surface area contributed by atoms with Gasteiger partial charge in [0.25, 0.3) is 0 Å². The van der Waals surface area contributed by atoms with E-state index in [1.54, 1.807) is 0 Å². The summed E-state index contributed by atoms with van der Waals surface area (Å²) in [6.45, 7) is 0. The van der Waals surface area contributed by atoms with Crippen LogP contribution in [0.5, 0.6) is 0 Å². The largest absolute Gasteiger partial charge is 0.455 e. The highest BCUT2D eigenvalue weighted by molar-refractivity contribution is 6.23. The maximum absolute atomic E-state index is 6.46. The highest BCUT2D eigenvalue weighted by atomic mass is 16.3. The summed E-state index contributed by atoms with van der Waals surface area (Å²) < 4.78 is 8.65. The van der Waals surface area contributed by atoms with E-state index < -0.39 is 0 Å². The van der Waals surface area contributed by atoms with Gasteiger partial charge in [0.15, 0.2) is 0 Å². The van der Waals surface area contributed by atoms with Crippen molar-refractivity contribution in [2.75, 3.05) is 0 Å². The summed E-state index contributed by atoms with van der Waals surface area (Å²) >= 11 is 0. The van der Waals surface area contributed by atoms with Crippen molar-refractivity contribution in [2.24, 2.45) is 0 Å². The second-order valence-corrected chi connectivity index (χ2v) is 9.79. The lowest BCUT2D eigenvalue weighted by Gasteiger charge is -2.16. The van der Waals surface area contributed by atoms with Crippen molar-refractivity contribution in [1.29, 1.82) is 0 Å². The number of fused-ring (bicyclic) bond motifs is 7. The topological polar surface area (TPSA) is 43.9 Å². The highest BCUT2D eigenvalue weighted by Gasteiger charge is 2.21. The average Bonchev–Trinajstić information content (AvgIpc) is 3.53. The molecule has 1 aliphatic rings. The van der Waals surface area contributed by atoms with Crippen LogP contribution in [0.25, 0.3) is 61.0 Å². The molecule has 4 nitrogen and oxygen atoms in total. The third-order valence-electron chi connectivity index (χ3n) is 7.54. The molecule has 0 radical (unpaired) electrons. The first-order valence-corrected chi connectivity index (χ1v) is 13.0.